The standard InChI is InChI=1S/C48H28N4S/c1-2-15-31(16-3-1)51-40-22-10-7-17-32(40)36-28-43-37(27-42(36)51)33-18-8-11-23-41(33)52(43)48-49-39-21-9-6-19-34(39)47(50-48)35-20-12-24-44-46(35)38-25-29-13-4-5-14-30(29)26-45(38)53-44/h1-28H. The molecule has 0 saturated carbocycles. The molecule has 246 valence electrons. The highest BCUT2D eigenvalue weighted by Crippen LogP contribution is 2.44. The lowest BCUT2D eigenvalue weighted by Gasteiger charge is -2.13. The minimum Gasteiger partial charge on any atom is -0.309 e. The third-order valence-corrected chi connectivity index (χ3v) is 12.0. The Balaban J connectivity index is 1.18. The van der Waals surface area contributed by atoms with Gasteiger partial charge in [-0.2, -0.15) is 0 Å². The van der Waals surface area contributed by atoms with E-state index in [1.165, 1.54) is 63.5 Å². The second-order valence-corrected chi connectivity index (χ2v) is 14.9. The molecular formula is C48H28N4S. The molecule has 4 heterocycles. The number of fused-ring (bicyclic) bond motifs is 11. The lowest BCUT2D eigenvalue weighted by Crippen LogP contribution is -2.03. The summed E-state index contributed by atoms with van der Waals surface area (Å²) in [4.78, 5) is 10.9. The Morgan fingerprint density at radius 2 is 1.02 bits per heavy atom. The molecule has 5 heteroatoms. The normalized spacial score (nSPS) is 12.2. The molecule has 0 spiro atoms. The van der Waals surface area contributed by atoms with Crippen molar-refractivity contribution in [1.29, 1.82) is 0 Å². The zero-order valence-electron chi connectivity index (χ0n) is 28.4. The summed E-state index contributed by atoms with van der Waals surface area (Å²) < 4.78 is 7.20. The molecule has 0 fully saturated rings. The van der Waals surface area contributed by atoms with Crippen LogP contribution in [0.4, 0.5) is 0 Å². The summed E-state index contributed by atoms with van der Waals surface area (Å²) in [5, 5.41) is 10.8. The van der Waals surface area contributed by atoms with Gasteiger partial charge in [-0.25, -0.2) is 9.97 Å². The maximum Gasteiger partial charge on any atom is 0.235 e. The van der Waals surface area contributed by atoms with Crippen LogP contribution in [-0.4, -0.2) is 19.1 Å². The molecule has 0 amide bonds. The summed E-state index contributed by atoms with van der Waals surface area (Å²) in [7, 11) is 0. The topological polar surface area (TPSA) is 35.6 Å². The van der Waals surface area contributed by atoms with Crippen molar-refractivity contribution in [2.45, 2.75) is 0 Å². The minimum absolute atomic E-state index is 0.665. The van der Waals surface area contributed by atoms with Gasteiger partial charge in [-0.05, 0) is 71.4 Å². The van der Waals surface area contributed by atoms with Crippen LogP contribution in [0.5, 0.6) is 0 Å². The summed E-state index contributed by atoms with van der Waals surface area (Å²) >= 11 is 1.85. The zero-order chi connectivity index (χ0) is 34.6. The highest BCUT2D eigenvalue weighted by atomic mass is 32.1. The predicted octanol–water partition coefficient (Wildman–Crippen LogP) is 13.0. The molecule has 0 aliphatic heterocycles. The van der Waals surface area contributed by atoms with E-state index in [1.54, 1.807) is 0 Å². The molecule has 0 saturated heterocycles. The number of rotatable bonds is 3. The van der Waals surface area contributed by atoms with Gasteiger partial charge in [0, 0.05) is 58.4 Å². The zero-order valence-corrected chi connectivity index (χ0v) is 29.2. The van der Waals surface area contributed by atoms with Crippen molar-refractivity contribution in [3.05, 3.63) is 170 Å². The summed E-state index contributed by atoms with van der Waals surface area (Å²) in [5.41, 5.74) is 8.66. The minimum atomic E-state index is 0.665. The van der Waals surface area contributed by atoms with Gasteiger partial charge in [-0.3, -0.25) is 4.57 Å². The molecule has 12 aromatic rings. The molecule has 4 nitrogen and oxygen atoms in total. The third kappa shape index (κ3) is 4.11. The number of thiophene rings is 1. The van der Waals surface area contributed by atoms with Gasteiger partial charge in [0.1, 0.15) is 0 Å². The molecule has 0 aliphatic rings. The Morgan fingerprint density at radius 3 is 1.79 bits per heavy atom. The first-order valence-corrected chi connectivity index (χ1v) is 18.7. The van der Waals surface area contributed by atoms with E-state index < -0.39 is 0 Å². The number of hydrogen-bond donors (Lipinski definition) is 0. The van der Waals surface area contributed by atoms with E-state index in [1.807, 2.05) is 11.3 Å². The summed E-state index contributed by atoms with van der Waals surface area (Å²) in [6, 6.07) is 61.1. The van der Waals surface area contributed by atoms with Crippen LogP contribution in [0.25, 0.3) is 108 Å². The highest BCUT2D eigenvalue weighted by molar-refractivity contribution is 7.26. The fourth-order valence-corrected chi connectivity index (χ4v) is 9.74. The molecule has 4 aromatic heterocycles. The molecule has 0 N–H and O–H groups in total. The second kappa shape index (κ2) is 10.8. The predicted molar refractivity (Wildman–Crippen MR) is 224 cm³/mol. The number of hydrogen-bond acceptors (Lipinski definition) is 3. The maximum atomic E-state index is 5.56. The first-order valence-electron chi connectivity index (χ1n) is 17.9. The van der Waals surface area contributed by atoms with Crippen molar-refractivity contribution in [2.75, 3.05) is 0 Å². The van der Waals surface area contributed by atoms with Gasteiger partial charge in [0.05, 0.1) is 33.3 Å². The van der Waals surface area contributed by atoms with Crippen LogP contribution in [0.2, 0.25) is 0 Å². The van der Waals surface area contributed by atoms with Crippen LogP contribution in [0.1, 0.15) is 0 Å². The van der Waals surface area contributed by atoms with E-state index in [-0.39, 0.29) is 0 Å². The Labute approximate surface area is 307 Å². The third-order valence-electron chi connectivity index (χ3n) is 10.9. The average molecular weight is 693 g/mol. The fraction of sp³-hybridized carbons (Fsp3) is 0. The van der Waals surface area contributed by atoms with Gasteiger partial charge < -0.3 is 4.57 Å². The van der Waals surface area contributed by atoms with Crippen LogP contribution in [0, 0.1) is 0 Å². The molecule has 0 bridgehead atoms. The molecule has 0 unspecified atom stereocenters. The lowest BCUT2D eigenvalue weighted by molar-refractivity contribution is 1.01. The first-order chi connectivity index (χ1) is 26.3. The molecular weight excluding hydrogens is 665 g/mol. The summed E-state index contributed by atoms with van der Waals surface area (Å²) in [5.74, 6) is 0.665. The van der Waals surface area contributed by atoms with Crippen molar-refractivity contribution in [2.24, 2.45) is 0 Å². The van der Waals surface area contributed by atoms with E-state index in [4.69, 9.17) is 9.97 Å². The van der Waals surface area contributed by atoms with Gasteiger partial charge in [-0.15, -0.1) is 11.3 Å². The lowest BCUT2D eigenvalue weighted by atomic mass is 9.99. The van der Waals surface area contributed by atoms with Crippen molar-refractivity contribution >= 4 is 96.8 Å². The van der Waals surface area contributed by atoms with Crippen LogP contribution < -0.4 is 0 Å². The molecule has 0 atom stereocenters. The van der Waals surface area contributed by atoms with Gasteiger partial charge in [0.25, 0.3) is 0 Å². The first kappa shape index (κ1) is 28.8. The van der Waals surface area contributed by atoms with Gasteiger partial charge >= 0.3 is 0 Å². The quantitative estimate of drug-likeness (QED) is 0.185. The average Bonchev–Trinajstić information content (AvgIpc) is 3.86. The Morgan fingerprint density at radius 1 is 0.396 bits per heavy atom. The maximum absolute atomic E-state index is 5.56. The van der Waals surface area contributed by atoms with Gasteiger partial charge in [0.2, 0.25) is 5.95 Å². The summed E-state index contributed by atoms with van der Waals surface area (Å²) in [6.07, 6.45) is 0. The van der Waals surface area contributed by atoms with Crippen LogP contribution in [0.3, 0.4) is 0 Å². The SMILES string of the molecule is c1ccc(-n2c3ccccc3c3cc4c(cc32)c2ccccc2n4-c2nc(-c3cccc4sc5cc6ccccc6cc5c34)c3ccccc3n2)cc1. The number of aromatic nitrogens is 4. The largest absolute Gasteiger partial charge is 0.309 e. The smallest absolute Gasteiger partial charge is 0.235 e. The summed E-state index contributed by atoms with van der Waals surface area (Å²) in [6.45, 7) is 0. The fourth-order valence-electron chi connectivity index (χ4n) is 8.58. The van der Waals surface area contributed by atoms with Crippen molar-refractivity contribution in [3.8, 4) is 22.9 Å². The Bertz CT molecular complexity index is 3460. The number of nitrogens with zero attached hydrogens (tertiary/aromatic N) is 4. The molecule has 0 aliphatic carbocycles. The number of para-hydroxylation sites is 4. The van der Waals surface area contributed by atoms with Crippen LogP contribution in [-0.2, 0) is 0 Å². The van der Waals surface area contributed by atoms with Crippen molar-refractivity contribution in [1.82, 2.24) is 19.1 Å². The Hall–Kier alpha value is -6.82. The van der Waals surface area contributed by atoms with Crippen molar-refractivity contribution < 1.29 is 0 Å². The second-order valence-electron chi connectivity index (χ2n) is 13.8. The van der Waals surface area contributed by atoms with E-state index >= 15 is 0 Å². The van der Waals surface area contributed by atoms with E-state index in [0.717, 1.165) is 38.9 Å². The van der Waals surface area contributed by atoms with E-state index in [9.17, 15) is 0 Å². The Kier molecular flexibility index (Phi) is 5.90. The number of benzene rings is 8. The monoisotopic (exact) mass is 692 g/mol. The van der Waals surface area contributed by atoms with Crippen LogP contribution in [0.15, 0.2) is 170 Å². The van der Waals surface area contributed by atoms with E-state index in [0.29, 0.717) is 5.95 Å². The van der Waals surface area contributed by atoms with E-state index in [2.05, 4.69) is 179 Å². The van der Waals surface area contributed by atoms with Gasteiger partial charge in [-0.1, -0.05) is 109 Å². The molecule has 12 rings (SSSR count). The van der Waals surface area contributed by atoms with Gasteiger partial charge in [0.15, 0.2) is 0 Å². The molecule has 0 radical (unpaired) electrons. The van der Waals surface area contributed by atoms with Crippen molar-refractivity contribution in [3.63, 3.8) is 0 Å². The van der Waals surface area contributed by atoms with Crippen LogP contribution >= 0.6 is 11.3 Å². The highest BCUT2D eigenvalue weighted by Gasteiger charge is 2.22. The molecule has 8 aromatic carbocycles. The molecule has 53 heavy (non-hydrogen) atoms.